The molecule has 0 saturated carbocycles. The summed E-state index contributed by atoms with van der Waals surface area (Å²) in [5, 5.41) is 0. The van der Waals surface area contributed by atoms with Crippen LogP contribution in [0.15, 0.2) is 0 Å². The molecule has 0 saturated heterocycles. The van der Waals surface area contributed by atoms with E-state index in [9.17, 15) is 0 Å². The maximum absolute atomic E-state index is 0. The van der Waals surface area contributed by atoms with Gasteiger partial charge in [0.05, 0.1) is 0 Å². The Morgan fingerprint density at radius 3 is 0.0732 bits per heavy atom. The van der Waals surface area contributed by atoms with Gasteiger partial charge in [-0.05, 0) is 0 Å². The van der Waals surface area contributed by atoms with Gasteiger partial charge in [0, 0.05) is 0 Å². The fourth-order valence-corrected chi connectivity index (χ4v) is 0. The minimum Gasteiger partial charge on any atom is -2.00 e. The van der Waals surface area contributed by atoms with Crippen molar-refractivity contribution >= 4 is 0 Å². The molecule has 0 rings (SSSR count). The average Bonchev–Trinajstić information content (AvgIpc) is 0. The van der Waals surface area contributed by atoms with Crippen LogP contribution >= 0.6 is 0 Å². The molecule has 0 amide bonds. The van der Waals surface area contributed by atoms with E-state index in [0.29, 0.717) is 0 Å². The van der Waals surface area contributed by atoms with E-state index in [-0.39, 0.29) is 403 Å². The van der Waals surface area contributed by atoms with Crippen molar-refractivity contribution in [3.05, 3.63) is 0 Å². The Balaban J connectivity index is 0. The van der Waals surface area contributed by atoms with Crippen LogP contribution in [0.2, 0.25) is 0 Å². The molecule has 0 aliphatic heterocycles. The van der Waals surface area contributed by atoms with E-state index in [1.807, 2.05) is 0 Å². The summed E-state index contributed by atoms with van der Waals surface area (Å²) in [4.78, 5) is 0. The minimum absolute atomic E-state index is 0. The van der Waals surface area contributed by atoms with Crippen molar-refractivity contribution < 1.29 is 403 Å². The summed E-state index contributed by atoms with van der Waals surface area (Å²) in [6, 6.07) is 0. The predicted molar refractivity (Wildman–Crippen MR) is 17.2 cm³/mol. The Bertz CT molecular complexity index is 53.9. The summed E-state index contributed by atoms with van der Waals surface area (Å²) < 4.78 is 0. The summed E-state index contributed by atoms with van der Waals surface area (Å²) in [6.07, 6.45) is 0. The standard InChI is InChI=1S/5ClH.25O.11V/h5*1H;;;;;;;;;;;;;;;;;;;;;;;;;;;;;;;;;;;;/q;;;;;25*-2;11*+5/p-5. The van der Waals surface area contributed by atoms with Crippen molar-refractivity contribution in [1.82, 2.24) is 0 Å². The van der Waals surface area contributed by atoms with E-state index in [2.05, 4.69) is 0 Å². The smallest absolute Gasteiger partial charge is 2.00 e. The van der Waals surface area contributed by atoms with Crippen LogP contribution in [-0.4, -0.2) is 0 Å². The van der Waals surface area contributed by atoms with Gasteiger partial charge in [-0.2, -0.15) is 0 Å². The summed E-state index contributed by atoms with van der Waals surface area (Å²) in [6.45, 7) is 0. The van der Waals surface area contributed by atoms with Crippen LogP contribution in [0, 0.1) is 0 Å². The van der Waals surface area contributed by atoms with Gasteiger partial charge in [-0.3, -0.25) is 0 Å². The van der Waals surface area contributed by atoms with Crippen LogP contribution in [0.25, 0.3) is 0 Å². The van der Waals surface area contributed by atoms with Gasteiger partial charge in [0.15, 0.2) is 0 Å². The molecule has 25 nitrogen and oxygen atoms in total. The Labute approximate surface area is 397 Å². The molecule has 0 heterocycles. The van der Waals surface area contributed by atoms with E-state index in [0.717, 1.165) is 0 Å². The molecule has 0 fully saturated rings. The second-order valence-electron chi connectivity index (χ2n) is 0. The van der Waals surface area contributed by atoms with Crippen molar-refractivity contribution in [1.29, 1.82) is 0 Å². The molecule has 0 radical (unpaired) electrons. The van der Waals surface area contributed by atoms with Gasteiger partial charge in [0.25, 0.3) is 0 Å². The monoisotopic (exact) mass is 1140 g/mol. The van der Waals surface area contributed by atoms with Gasteiger partial charge in [-0.15, -0.1) is 0 Å². The van der Waals surface area contributed by atoms with Crippen LogP contribution in [0.4, 0.5) is 0 Å². The van der Waals surface area contributed by atoms with Crippen molar-refractivity contribution in [3.8, 4) is 0 Å². The first-order valence-electron chi connectivity index (χ1n) is 0. The predicted octanol–water partition coefficient (Wildman–Crippen LogP) is -18.0. The van der Waals surface area contributed by atoms with Gasteiger partial charge in [-0.25, -0.2) is 0 Å². The normalized spacial score (nSPS) is 0. The van der Waals surface area contributed by atoms with Gasteiger partial charge < -0.3 is 199 Å². The molecule has 0 aromatic carbocycles. The zero-order chi connectivity index (χ0) is 0. The first-order chi connectivity index (χ1) is 0. The van der Waals surface area contributed by atoms with Gasteiger partial charge in [0.2, 0.25) is 0 Å². The van der Waals surface area contributed by atoms with E-state index in [4.69, 9.17) is 0 Å². The van der Waals surface area contributed by atoms with Crippen molar-refractivity contribution in [3.63, 3.8) is 0 Å². The maximum Gasteiger partial charge on any atom is 5.00 e. The molecule has 41 heteroatoms. The molecule has 0 spiro atoms. The third kappa shape index (κ3) is 2000. The number of hydrogen-bond donors (Lipinski definition) is 0. The first-order valence-corrected chi connectivity index (χ1v) is 0. The topological polar surface area (TPSA) is 712 Å². The van der Waals surface area contributed by atoms with Crippen LogP contribution in [0.3, 0.4) is 0 Å². The third-order valence-corrected chi connectivity index (χ3v) is 0. The van der Waals surface area contributed by atoms with E-state index in [1.165, 1.54) is 0 Å². The molecule has 0 aliphatic rings. The van der Waals surface area contributed by atoms with E-state index in [1.54, 1.807) is 0 Å². The Morgan fingerprint density at radius 1 is 0.0732 bits per heavy atom. The molecule has 0 atom stereocenters. The van der Waals surface area contributed by atoms with Gasteiger partial charge in [0.1, 0.15) is 0 Å². The van der Waals surface area contributed by atoms with Crippen LogP contribution in [0.5, 0.6) is 0 Å². The minimum atomic E-state index is 0. The Morgan fingerprint density at radius 2 is 0.0732 bits per heavy atom. The zero-order valence-corrected chi connectivity index (χ0v) is 36.2. The molecule has 41 heavy (non-hydrogen) atoms. The fraction of sp³-hybridized carbons (Fsp3) is 0. The zero-order valence-electron chi connectivity index (χ0n) is 17.0. The first kappa shape index (κ1) is 2220. The molecule has 0 aliphatic carbocycles. The van der Waals surface area contributed by atoms with Gasteiger partial charge >= 0.3 is 204 Å². The summed E-state index contributed by atoms with van der Waals surface area (Å²) >= 11 is 0. The molecule has 0 aromatic heterocycles. The quantitative estimate of drug-likeness (QED) is 0.218. The van der Waals surface area contributed by atoms with E-state index < -0.39 is 0 Å². The number of halogens is 5. The third-order valence-electron chi connectivity index (χ3n) is 0. The fourth-order valence-electron chi connectivity index (χ4n) is 0. The Kier molecular flexibility index (Phi) is 113000. The number of hydrogen-bond acceptors (Lipinski definition) is 0. The average molecular weight is 1140 g/mol. The summed E-state index contributed by atoms with van der Waals surface area (Å²) in [5.41, 5.74) is 0. The second-order valence-corrected chi connectivity index (χ2v) is 0. The molecule has 240 valence electrons. The van der Waals surface area contributed by atoms with Gasteiger partial charge in [-0.1, -0.05) is 0 Å². The second kappa shape index (κ2) is 2090. The largest absolute Gasteiger partial charge is 5.00 e. The molecule has 0 unspecified atom stereocenters. The molecular formula is Cl5O25V11. The maximum atomic E-state index is 0. The molecule has 0 N–H and O–H groups in total. The summed E-state index contributed by atoms with van der Waals surface area (Å²) in [5.74, 6) is 0. The van der Waals surface area contributed by atoms with E-state index >= 15 is 0 Å². The van der Waals surface area contributed by atoms with Crippen LogP contribution in [0.1, 0.15) is 0 Å². The number of rotatable bonds is 0. The van der Waals surface area contributed by atoms with Crippen LogP contribution in [-0.2, 0) is 341 Å². The van der Waals surface area contributed by atoms with Crippen molar-refractivity contribution in [2.45, 2.75) is 0 Å². The summed E-state index contributed by atoms with van der Waals surface area (Å²) in [7, 11) is 0. The van der Waals surface area contributed by atoms with Crippen molar-refractivity contribution in [2.75, 3.05) is 0 Å². The molecule has 0 aromatic rings. The Hall–Kier alpha value is 6.88. The van der Waals surface area contributed by atoms with Crippen LogP contribution < -0.4 is 62.0 Å². The SMILES string of the molecule is [Cl-].[Cl-].[Cl-].[Cl-].[Cl-].[O-2].[O-2].[O-2].[O-2].[O-2].[O-2].[O-2].[O-2].[O-2].[O-2].[O-2].[O-2].[O-2].[O-2].[O-2].[O-2].[O-2].[O-2].[O-2].[O-2].[O-2].[O-2].[O-2].[O-2].[O-2].[V+5].[V+5].[V+5].[V+5].[V+5].[V+5].[V+5].[V+5].[V+5].[V+5].[V+5]. The van der Waals surface area contributed by atoms with Crippen molar-refractivity contribution in [2.24, 2.45) is 0 Å². The molecule has 0 bridgehead atoms. The molecular weight excluding hydrogens is 1140 g/mol.